The maximum absolute atomic E-state index is 5.51. The summed E-state index contributed by atoms with van der Waals surface area (Å²) in [6.45, 7) is 0. The molecular formula is C6H7ClN2O. The first-order valence-electron chi connectivity index (χ1n) is 2.72. The van der Waals surface area contributed by atoms with Gasteiger partial charge in [-0.15, -0.1) is 0 Å². The molecule has 0 amide bonds. The van der Waals surface area contributed by atoms with Crippen molar-refractivity contribution in [2.75, 3.05) is 11.2 Å². The number of benzene rings is 1. The van der Waals surface area contributed by atoms with E-state index in [-0.39, 0.29) is 0 Å². The summed E-state index contributed by atoms with van der Waals surface area (Å²) < 4.78 is 4.15. The summed E-state index contributed by atoms with van der Waals surface area (Å²) in [7, 11) is 0. The molecule has 0 aliphatic carbocycles. The summed E-state index contributed by atoms with van der Waals surface area (Å²) in [6.07, 6.45) is 0. The summed E-state index contributed by atoms with van der Waals surface area (Å²) in [4.78, 5) is 0. The van der Waals surface area contributed by atoms with Crippen LogP contribution in [0.4, 0.5) is 11.4 Å². The smallest absolute Gasteiger partial charge is 0.0911 e. The van der Waals surface area contributed by atoms with Gasteiger partial charge in [-0.05, 0) is 12.1 Å². The zero-order valence-corrected chi connectivity index (χ0v) is 5.93. The second-order valence-electron chi connectivity index (χ2n) is 1.77. The Labute approximate surface area is 63.9 Å². The van der Waals surface area contributed by atoms with Crippen molar-refractivity contribution in [3.63, 3.8) is 0 Å². The molecule has 0 aromatic heterocycles. The van der Waals surface area contributed by atoms with E-state index in [0.29, 0.717) is 11.4 Å². The summed E-state index contributed by atoms with van der Waals surface area (Å²) in [5.74, 6) is 0. The Hall–Kier alpha value is -0.930. The standard InChI is InChI=1S/C6H7ClN2O/c7-10-9-6-4-2-1-3-5(6)8/h1-4,9H,8H2. The van der Waals surface area contributed by atoms with Crippen molar-refractivity contribution in [1.82, 2.24) is 0 Å². The molecule has 0 heterocycles. The van der Waals surface area contributed by atoms with Gasteiger partial charge in [0.1, 0.15) is 0 Å². The SMILES string of the molecule is Nc1ccccc1NOCl. The van der Waals surface area contributed by atoms with E-state index in [4.69, 9.17) is 17.6 Å². The highest BCUT2D eigenvalue weighted by Gasteiger charge is 1.93. The zero-order chi connectivity index (χ0) is 7.40. The molecule has 0 aliphatic heterocycles. The molecule has 3 N–H and O–H groups in total. The molecule has 10 heavy (non-hydrogen) atoms. The van der Waals surface area contributed by atoms with Crippen LogP contribution in [0.15, 0.2) is 24.3 Å². The van der Waals surface area contributed by atoms with Gasteiger partial charge < -0.3 is 5.73 Å². The van der Waals surface area contributed by atoms with E-state index in [9.17, 15) is 0 Å². The van der Waals surface area contributed by atoms with Crippen LogP contribution >= 0.6 is 11.9 Å². The Kier molecular flexibility index (Phi) is 2.36. The van der Waals surface area contributed by atoms with Gasteiger partial charge in [-0.25, -0.2) is 5.48 Å². The van der Waals surface area contributed by atoms with Crippen molar-refractivity contribution in [3.05, 3.63) is 24.3 Å². The van der Waals surface area contributed by atoms with Crippen LogP contribution in [0.5, 0.6) is 0 Å². The van der Waals surface area contributed by atoms with Crippen LogP contribution in [0, 0.1) is 0 Å². The maximum Gasteiger partial charge on any atom is 0.0911 e. The lowest BCUT2D eigenvalue weighted by molar-refractivity contribution is 0.452. The molecule has 0 bridgehead atoms. The van der Waals surface area contributed by atoms with E-state index in [1.54, 1.807) is 12.1 Å². The number of halogens is 1. The van der Waals surface area contributed by atoms with Gasteiger partial charge in [0.05, 0.1) is 23.2 Å². The lowest BCUT2D eigenvalue weighted by atomic mass is 10.3. The number of anilines is 2. The van der Waals surface area contributed by atoms with Gasteiger partial charge in [0.2, 0.25) is 0 Å². The van der Waals surface area contributed by atoms with Crippen LogP contribution in [-0.4, -0.2) is 0 Å². The van der Waals surface area contributed by atoms with E-state index in [1.165, 1.54) is 0 Å². The summed E-state index contributed by atoms with van der Waals surface area (Å²) in [6, 6.07) is 7.17. The minimum atomic E-state index is 0.600. The van der Waals surface area contributed by atoms with Crippen molar-refractivity contribution in [2.45, 2.75) is 0 Å². The van der Waals surface area contributed by atoms with Crippen molar-refractivity contribution >= 4 is 23.2 Å². The maximum atomic E-state index is 5.51. The number of rotatable bonds is 2. The Bertz CT molecular complexity index is 217. The Morgan fingerprint density at radius 2 is 2.10 bits per heavy atom. The third kappa shape index (κ3) is 1.52. The summed E-state index contributed by atoms with van der Waals surface area (Å²) >= 11 is 4.94. The van der Waals surface area contributed by atoms with Gasteiger partial charge in [0.15, 0.2) is 0 Å². The molecule has 0 aliphatic rings. The molecule has 1 aromatic rings. The van der Waals surface area contributed by atoms with Crippen molar-refractivity contribution in [1.29, 1.82) is 0 Å². The van der Waals surface area contributed by atoms with E-state index >= 15 is 0 Å². The highest BCUT2D eigenvalue weighted by Crippen LogP contribution is 2.16. The number of para-hydroxylation sites is 2. The minimum absolute atomic E-state index is 0.600. The fourth-order valence-electron chi connectivity index (χ4n) is 0.632. The lowest BCUT2D eigenvalue weighted by Crippen LogP contribution is -1.96. The van der Waals surface area contributed by atoms with Crippen molar-refractivity contribution in [2.24, 2.45) is 0 Å². The quantitative estimate of drug-likeness (QED) is 0.510. The van der Waals surface area contributed by atoms with Gasteiger partial charge in [-0.2, -0.15) is 4.39 Å². The number of nitrogen functional groups attached to an aromatic ring is 1. The molecule has 0 unspecified atom stereocenters. The van der Waals surface area contributed by atoms with Gasteiger partial charge in [0, 0.05) is 0 Å². The zero-order valence-electron chi connectivity index (χ0n) is 5.17. The number of nitrogens with two attached hydrogens (primary N) is 1. The predicted octanol–water partition coefficient (Wildman–Crippen LogP) is 1.77. The van der Waals surface area contributed by atoms with Crippen LogP contribution in [-0.2, 0) is 4.39 Å². The molecule has 0 fully saturated rings. The molecule has 1 rings (SSSR count). The first kappa shape index (κ1) is 7.18. The predicted molar refractivity (Wildman–Crippen MR) is 41.4 cm³/mol. The van der Waals surface area contributed by atoms with E-state index < -0.39 is 0 Å². The molecular weight excluding hydrogens is 152 g/mol. The molecule has 0 saturated heterocycles. The van der Waals surface area contributed by atoms with Crippen LogP contribution in [0.25, 0.3) is 0 Å². The number of nitrogens with one attached hydrogen (secondary N) is 1. The van der Waals surface area contributed by atoms with Crippen LogP contribution in [0.2, 0.25) is 0 Å². The highest BCUT2D eigenvalue weighted by molar-refractivity contribution is 6.07. The minimum Gasteiger partial charge on any atom is -0.397 e. The van der Waals surface area contributed by atoms with E-state index in [0.717, 1.165) is 0 Å². The fraction of sp³-hybridized carbons (Fsp3) is 0. The lowest BCUT2D eigenvalue weighted by Gasteiger charge is -2.02. The third-order valence-electron chi connectivity index (χ3n) is 1.11. The molecule has 1 aromatic carbocycles. The highest BCUT2D eigenvalue weighted by atomic mass is 35.5. The Morgan fingerprint density at radius 1 is 1.40 bits per heavy atom. The van der Waals surface area contributed by atoms with Crippen molar-refractivity contribution < 1.29 is 4.39 Å². The van der Waals surface area contributed by atoms with Crippen LogP contribution < -0.4 is 11.2 Å². The molecule has 3 nitrogen and oxygen atoms in total. The fourth-order valence-corrected chi connectivity index (χ4v) is 0.715. The second-order valence-corrected chi connectivity index (χ2v) is 1.92. The third-order valence-corrected chi connectivity index (χ3v) is 1.19. The molecule has 0 atom stereocenters. The van der Waals surface area contributed by atoms with Crippen LogP contribution in [0.3, 0.4) is 0 Å². The summed E-state index contributed by atoms with van der Waals surface area (Å²) in [5.41, 5.74) is 9.19. The molecule has 4 heteroatoms. The van der Waals surface area contributed by atoms with Gasteiger partial charge in [-0.1, -0.05) is 12.1 Å². The summed E-state index contributed by atoms with van der Waals surface area (Å²) in [5, 5.41) is 0. The molecule has 54 valence electrons. The van der Waals surface area contributed by atoms with Crippen LogP contribution in [0.1, 0.15) is 0 Å². The Morgan fingerprint density at radius 3 is 2.70 bits per heavy atom. The van der Waals surface area contributed by atoms with E-state index in [2.05, 4.69) is 9.87 Å². The number of hydrogen-bond donors (Lipinski definition) is 2. The van der Waals surface area contributed by atoms with Gasteiger partial charge in [0.25, 0.3) is 0 Å². The van der Waals surface area contributed by atoms with Crippen molar-refractivity contribution in [3.8, 4) is 0 Å². The van der Waals surface area contributed by atoms with Gasteiger partial charge in [-0.3, -0.25) is 0 Å². The average molecular weight is 159 g/mol. The first-order chi connectivity index (χ1) is 4.84. The monoisotopic (exact) mass is 158 g/mol. The molecule has 0 spiro atoms. The number of hydrogen-bond acceptors (Lipinski definition) is 3. The normalized spacial score (nSPS) is 9.30. The largest absolute Gasteiger partial charge is 0.397 e. The molecule has 0 radical (unpaired) electrons. The van der Waals surface area contributed by atoms with E-state index in [1.807, 2.05) is 12.1 Å². The van der Waals surface area contributed by atoms with Gasteiger partial charge >= 0.3 is 0 Å². The molecule has 0 saturated carbocycles. The Balaban J connectivity index is 2.81. The second kappa shape index (κ2) is 3.29. The first-order valence-corrected chi connectivity index (χ1v) is 3.03. The topological polar surface area (TPSA) is 47.3 Å². The average Bonchev–Trinajstić information content (AvgIpc) is 1.94.